The molecule has 2 aliphatic carbocycles. The summed E-state index contributed by atoms with van der Waals surface area (Å²) in [6.45, 7) is 0. The van der Waals surface area contributed by atoms with Gasteiger partial charge in [-0.05, 0) is 30.2 Å². The number of fused-ring (bicyclic) bond motifs is 2. The Morgan fingerprint density at radius 1 is 1.40 bits per heavy atom. The molecule has 1 fully saturated rings. The SMILES string of the molecule is [N-]=[N+]=NC1CC2C=CC1C2. The van der Waals surface area contributed by atoms with E-state index in [4.69, 9.17) is 5.53 Å². The third kappa shape index (κ3) is 0.711. The predicted octanol–water partition coefficient (Wildman–Crippen LogP) is 2.26. The Kier molecular flexibility index (Phi) is 1.18. The summed E-state index contributed by atoms with van der Waals surface area (Å²) in [4.78, 5) is 2.83. The van der Waals surface area contributed by atoms with E-state index in [0.717, 1.165) is 6.42 Å². The molecule has 0 aromatic heterocycles. The van der Waals surface area contributed by atoms with Crippen LogP contribution in [0.25, 0.3) is 10.4 Å². The van der Waals surface area contributed by atoms with E-state index in [-0.39, 0.29) is 6.04 Å². The normalized spacial score (nSPS) is 41.8. The Bertz CT molecular complexity index is 215. The number of nitrogens with zero attached hydrogens (tertiary/aromatic N) is 3. The van der Waals surface area contributed by atoms with Gasteiger partial charge in [-0.3, -0.25) is 0 Å². The molecular weight excluding hydrogens is 126 g/mol. The summed E-state index contributed by atoms with van der Waals surface area (Å²) in [6.07, 6.45) is 6.72. The van der Waals surface area contributed by atoms with Gasteiger partial charge in [-0.25, -0.2) is 0 Å². The standard InChI is InChI=1S/C7H9N3/c8-10-9-7-4-5-1-2-6(7)3-5/h1-2,5-7H,3-4H2. The van der Waals surface area contributed by atoms with Crippen LogP contribution in [0.2, 0.25) is 0 Å². The molecule has 0 amide bonds. The molecule has 3 heteroatoms. The van der Waals surface area contributed by atoms with Crippen molar-refractivity contribution in [3.63, 3.8) is 0 Å². The van der Waals surface area contributed by atoms with E-state index in [0.29, 0.717) is 11.8 Å². The average Bonchev–Trinajstić information content (AvgIpc) is 2.48. The van der Waals surface area contributed by atoms with Crippen molar-refractivity contribution in [2.45, 2.75) is 18.9 Å². The van der Waals surface area contributed by atoms with Crippen molar-refractivity contribution in [2.24, 2.45) is 17.0 Å². The lowest BCUT2D eigenvalue weighted by atomic mass is 10.0. The van der Waals surface area contributed by atoms with E-state index in [1.165, 1.54) is 6.42 Å². The van der Waals surface area contributed by atoms with Crippen LogP contribution in [0.3, 0.4) is 0 Å². The van der Waals surface area contributed by atoms with Crippen LogP contribution in [-0.4, -0.2) is 6.04 Å². The van der Waals surface area contributed by atoms with Gasteiger partial charge in [-0.1, -0.05) is 17.3 Å². The van der Waals surface area contributed by atoms with Gasteiger partial charge in [-0.15, -0.1) is 0 Å². The Balaban J connectivity index is 2.16. The third-order valence-electron chi connectivity index (χ3n) is 2.44. The van der Waals surface area contributed by atoms with Gasteiger partial charge < -0.3 is 0 Å². The van der Waals surface area contributed by atoms with Gasteiger partial charge in [0, 0.05) is 11.0 Å². The maximum atomic E-state index is 8.19. The number of hydrogen-bond donors (Lipinski definition) is 0. The second kappa shape index (κ2) is 2.03. The highest BCUT2D eigenvalue weighted by atomic mass is 15.2. The Hall–Kier alpha value is -0.950. The zero-order valence-electron chi connectivity index (χ0n) is 5.64. The molecule has 3 nitrogen and oxygen atoms in total. The molecule has 0 aliphatic heterocycles. The molecule has 10 heavy (non-hydrogen) atoms. The zero-order chi connectivity index (χ0) is 6.97. The Morgan fingerprint density at radius 2 is 2.30 bits per heavy atom. The maximum Gasteiger partial charge on any atom is 0.0442 e. The highest BCUT2D eigenvalue weighted by Gasteiger charge is 2.34. The van der Waals surface area contributed by atoms with Crippen LogP contribution in [0.15, 0.2) is 17.3 Å². The zero-order valence-corrected chi connectivity index (χ0v) is 5.64. The van der Waals surface area contributed by atoms with Crippen molar-refractivity contribution < 1.29 is 0 Å². The largest absolute Gasteiger partial charge is 0.0900 e. The maximum absolute atomic E-state index is 8.19. The molecule has 0 aromatic rings. The Morgan fingerprint density at radius 3 is 2.80 bits per heavy atom. The van der Waals surface area contributed by atoms with Crippen LogP contribution in [0.5, 0.6) is 0 Å². The van der Waals surface area contributed by atoms with Gasteiger partial charge >= 0.3 is 0 Å². The topological polar surface area (TPSA) is 48.8 Å². The molecule has 2 bridgehead atoms. The van der Waals surface area contributed by atoms with Crippen molar-refractivity contribution >= 4 is 0 Å². The predicted molar refractivity (Wildman–Crippen MR) is 38.3 cm³/mol. The number of azide groups is 1. The van der Waals surface area contributed by atoms with Crippen LogP contribution in [-0.2, 0) is 0 Å². The molecule has 3 atom stereocenters. The minimum Gasteiger partial charge on any atom is -0.0900 e. The highest BCUT2D eigenvalue weighted by molar-refractivity contribution is 5.12. The first-order valence-electron chi connectivity index (χ1n) is 3.62. The van der Waals surface area contributed by atoms with Crippen molar-refractivity contribution in [3.8, 4) is 0 Å². The van der Waals surface area contributed by atoms with E-state index in [1.54, 1.807) is 0 Å². The summed E-state index contributed by atoms with van der Waals surface area (Å²) in [5.74, 6) is 1.27. The minimum absolute atomic E-state index is 0.264. The highest BCUT2D eigenvalue weighted by Crippen LogP contribution is 2.40. The van der Waals surface area contributed by atoms with Crippen LogP contribution in [0, 0.1) is 11.8 Å². The van der Waals surface area contributed by atoms with Gasteiger partial charge in [-0.2, -0.15) is 0 Å². The van der Waals surface area contributed by atoms with E-state index >= 15 is 0 Å². The molecule has 2 aliphatic rings. The third-order valence-corrected chi connectivity index (χ3v) is 2.44. The number of allylic oxidation sites excluding steroid dienone is 1. The second-order valence-electron chi connectivity index (χ2n) is 3.05. The van der Waals surface area contributed by atoms with E-state index in [1.807, 2.05) is 0 Å². The molecular formula is C7H9N3. The summed E-state index contributed by atoms with van der Waals surface area (Å²) < 4.78 is 0. The molecule has 0 radical (unpaired) electrons. The fourth-order valence-electron chi connectivity index (χ4n) is 1.95. The summed E-state index contributed by atoms with van der Waals surface area (Å²) in [6, 6.07) is 0.264. The van der Waals surface area contributed by atoms with Crippen molar-refractivity contribution in [3.05, 3.63) is 22.6 Å². The van der Waals surface area contributed by atoms with Gasteiger partial charge in [0.15, 0.2) is 0 Å². The lowest BCUT2D eigenvalue weighted by Gasteiger charge is -2.09. The molecule has 52 valence electrons. The van der Waals surface area contributed by atoms with E-state index in [2.05, 4.69) is 22.2 Å². The molecule has 0 heterocycles. The fraction of sp³-hybridized carbons (Fsp3) is 0.714. The summed E-state index contributed by atoms with van der Waals surface area (Å²) in [5, 5.41) is 3.74. The minimum atomic E-state index is 0.264. The monoisotopic (exact) mass is 135 g/mol. The van der Waals surface area contributed by atoms with Crippen LogP contribution in [0.1, 0.15) is 12.8 Å². The van der Waals surface area contributed by atoms with Crippen molar-refractivity contribution in [1.29, 1.82) is 0 Å². The quantitative estimate of drug-likeness (QED) is 0.229. The molecule has 0 aromatic carbocycles. The van der Waals surface area contributed by atoms with Gasteiger partial charge in [0.05, 0.1) is 0 Å². The Labute approximate surface area is 59.4 Å². The van der Waals surface area contributed by atoms with Crippen molar-refractivity contribution in [2.75, 3.05) is 0 Å². The van der Waals surface area contributed by atoms with Crippen LogP contribution < -0.4 is 0 Å². The summed E-state index contributed by atoms with van der Waals surface area (Å²) >= 11 is 0. The second-order valence-corrected chi connectivity index (χ2v) is 3.05. The molecule has 3 unspecified atom stereocenters. The molecule has 0 N–H and O–H groups in total. The molecule has 0 saturated heterocycles. The van der Waals surface area contributed by atoms with Gasteiger partial charge in [0.2, 0.25) is 0 Å². The smallest absolute Gasteiger partial charge is 0.0442 e. The first-order chi connectivity index (χ1) is 4.90. The molecule has 2 rings (SSSR count). The van der Waals surface area contributed by atoms with Gasteiger partial charge in [0.1, 0.15) is 0 Å². The molecule has 0 spiro atoms. The van der Waals surface area contributed by atoms with Crippen LogP contribution >= 0.6 is 0 Å². The molecule has 1 saturated carbocycles. The van der Waals surface area contributed by atoms with Crippen LogP contribution in [0.4, 0.5) is 0 Å². The number of rotatable bonds is 1. The average molecular weight is 135 g/mol. The van der Waals surface area contributed by atoms with Gasteiger partial charge in [0.25, 0.3) is 0 Å². The number of hydrogen-bond acceptors (Lipinski definition) is 1. The summed E-state index contributed by atoms with van der Waals surface area (Å²) in [7, 11) is 0. The lowest BCUT2D eigenvalue weighted by molar-refractivity contribution is 0.573. The summed E-state index contributed by atoms with van der Waals surface area (Å²) in [5.41, 5.74) is 8.19. The first kappa shape index (κ1) is 5.81. The fourth-order valence-corrected chi connectivity index (χ4v) is 1.95. The van der Waals surface area contributed by atoms with E-state index in [9.17, 15) is 0 Å². The lowest BCUT2D eigenvalue weighted by Crippen LogP contribution is -2.08. The first-order valence-corrected chi connectivity index (χ1v) is 3.62. The van der Waals surface area contributed by atoms with E-state index < -0.39 is 0 Å². The van der Waals surface area contributed by atoms with Crippen molar-refractivity contribution in [1.82, 2.24) is 0 Å².